The fourth-order valence-corrected chi connectivity index (χ4v) is 2.54. The van der Waals surface area contributed by atoms with Crippen molar-refractivity contribution in [3.05, 3.63) is 33.1 Å². The van der Waals surface area contributed by atoms with E-state index >= 15 is 0 Å². The van der Waals surface area contributed by atoms with Crippen LogP contribution in [0.1, 0.15) is 19.3 Å². The number of carbonyl (C=O) groups is 1. The van der Waals surface area contributed by atoms with E-state index in [1.165, 1.54) is 4.90 Å². The molecule has 6 nitrogen and oxygen atoms in total. The molecule has 1 N–H and O–H groups in total. The molecule has 8 heteroatoms. The van der Waals surface area contributed by atoms with Crippen LogP contribution in [0.2, 0.25) is 5.02 Å². The summed E-state index contributed by atoms with van der Waals surface area (Å²) in [4.78, 5) is 23.0. The number of anilines is 1. The Bertz CT molecular complexity index is 567. The normalized spacial score (nSPS) is 18.9. The molecule has 2 rings (SSSR count). The van der Waals surface area contributed by atoms with Crippen molar-refractivity contribution in [3.8, 4) is 0 Å². The van der Waals surface area contributed by atoms with Crippen LogP contribution in [0.4, 0.5) is 15.8 Å². The minimum Gasteiger partial charge on any atom is -0.480 e. The Kier molecular flexibility index (Phi) is 4.08. The Morgan fingerprint density at radius 2 is 2.20 bits per heavy atom. The summed E-state index contributed by atoms with van der Waals surface area (Å²) in [5, 5.41) is 19.9. The summed E-state index contributed by atoms with van der Waals surface area (Å²) in [7, 11) is 0. The number of hydrogen-bond donors (Lipinski definition) is 1. The fraction of sp³-hybridized carbons (Fsp3) is 0.417. The lowest BCUT2D eigenvalue weighted by atomic mass is 10.0. The molecular weight excluding hydrogens is 291 g/mol. The van der Waals surface area contributed by atoms with E-state index in [9.17, 15) is 24.4 Å². The predicted molar refractivity (Wildman–Crippen MR) is 70.7 cm³/mol. The van der Waals surface area contributed by atoms with Crippen LogP contribution in [0, 0.1) is 15.9 Å². The summed E-state index contributed by atoms with van der Waals surface area (Å²) < 4.78 is 13.6. The molecule has 0 radical (unpaired) electrons. The first-order valence-electron chi connectivity index (χ1n) is 6.04. The molecule has 0 aliphatic carbocycles. The van der Waals surface area contributed by atoms with E-state index in [1.54, 1.807) is 0 Å². The van der Waals surface area contributed by atoms with Crippen LogP contribution in [-0.2, 0) is 4.79 Å². The van der Waals surface area contributed by atoms with E-state index in [0.717, 1.165) is 18.6 Å². The lowest BCUT2D eigenvalue weighted by Gasteiger charge is -2.34. The highest BCUT2D eigenvalue weighted by Crippen LogP contribution is 2.36. The van der Waals surface area contributed by atoms with Crippen LogP contribution in [0.3, 0.4) is 0 Å². The number of nitro benzene ring substituents is 1. The van der Waals surface area contributed by atoms with Gasteiger partial charge >= 0.3 is 5.97 Å². The van der Waals surface area contributed by atoms with Gasteiger partial charge in [0.05, 0.1) is 9.95 Å². The van der Waals surface area contributed by atoms with Crippen LogP contribution >= 0.6 is 11.6 Å². The third-order valence-electron chi connectivity index (χ3n) is 3.31. The minimum atomic E-state index is -1.07. The van der Waals surface area contributed by atoms with Crippen molar-refractivity contribution in [1.82, 2.24) is 0 Å². The van der Waals surface area contributed by atoms with Gasteiger partial charge in [-0.1, -0.05) is 11.6 Å². The molecule has 0 aromatic heterocycles. The van der Waals surface area contributed by atoms with Crippen LogP contribution in [0.5, 0.6) is 0 Å². The van der Waals surface area contributed by atoms with Gasteiger partial charge in [-0.2, -0.15) is 0 Å². The topological polar surface area (TPSA) is 83.7 Å². The van der Waals surface area contributed by atoms with Gasteiger partial charge in [0.1, 0.15) is 17.5 Å². The molecule has 1 aliphatic heterocycles. The highest BCUT2D eigenvalue weighted by Gasteiger charge is 2.33. The second kappa shape index (κ2) is 5.62. The largest absolute Gasteiger partial charge is 0.480 e. The number of rotatable bonds is 3. The first-order valence-corrected chi connectivity index (χ1v) is 6.42. The van der Waals surface area contributed by atoms with E-state index in [-0.39, 0.29) is 16.4 Å². The monoisotopic (exact) mass is 302 g/mol. The quantitative estimate of drug-likeness (QED) is 0.685. The lowest BCUT2D eigenvalue weighted by Crippen LogP contribution is -2.45. The molecule has 1 saturated heterocycles. The van der Waals surface area contributed by atoms with E-state index < -0.39 is 22.8 Å². The number of nitro groups is 1. The fourth-order valence-electron chi connectivity index (χ4n) is 2.38. The van der Waals surface area contributed by atoms with Crippen molar-refractivity contribution in [3.63, 3.8) is 0 Å². The number of piperidine rings is 1. The van der Waals surface area contributed by atoms with Gasteiger partial charge in [-0.3, -0.25) is 10.1 Å². The molecule has 0 spiro atoms. The first-order chi connectivity index (χ1) is 9.41. The number of benzene rings is 1. The molecule has 1 aromatic carbocycles. The maximum atomic E-state index is 13.6. The summed E-state index contributed by atoms with van der Waals surface area (Å²) in [6.45, 7) is 0.332. The third kappa shape index (κ3) is 2.67. The number of nitrogens with zero attached hydrogens (tertiary/aromatic N) is 2. The molecule has 1 aromatic rings. The molecule has 0 bridgehead atoms. The Morgan fingerprint density at radius 3 is 2.80 bits per heavy atom. The molecule has 1 heterocycles. The van der Waals surface area contributed by atoms with Crippen LogP contribution in [0.25, 0.3) is 0 Å². The summed E-state index contributed by atoms with van der Waals surface area (Å²) in [5.74, 6) is -1.88. The average molecular weight is 303 g/mol. The lowest BCUT2D eigenvalue weighted by molar-refractivity contribution is -0.384. The zero-order chi connectivity index (χ0) is 14.9. The van der Waals surface area contributed by atoms with Crippen LogP contribution < -0.4 is 4.90 Å². The van der Waals surface area contributed by atoms with Gasteiger partial charge in [0.15, 0.2) is 0 Å². The molecule has 0 saturated carbocycles. The standard InChI is InChI=1S/C12H12ClFN2O4/c13-7-5-11(16(19)20)10(6-8(7)14)15-4-2-1-3-9(15)12(17)18/h5-6,9H,1-4H2,(H,17,18). The van der Waals surface area contributed by atoms with Gasteiger partial charge in [-0.25, -0.2) is 9.18 Å². The predicted octanol–water partition coefficient (Wildman–Crippen LogP) is 2.83. The van der Waals surface area contributed by atoms with Gasteiger partial charge < -0.3 is 10.0 Å². The Balaban J connectivity index is 2.51. The zero-order valence-corrected chi connectivity index (χ0v) is 11.1. The van der Waals surface area contributed by atoms with E-state index in [4.69, 9.17) is 11.6 Å². The van der Waals surface area contributed by atoms with Gasteiger partial charge in [0, 0.05) is 18.7 Å². The van der Waals surface area contributed by atoms with Crippen molar-refractivity contribution in [2.75, 3.05) is 11.4 Å². The maximum Gasteiger partial charge on any atom is 0.326 e. The van der Waals surface area contributed by atoms with Gasteiger partial charge in [0.2, 0.25) is 0 Å². The maximum absolute atomic E-state index is 13.6. The molecule has 1 fully saturated rings. The Hall–Kier alpha value is -1.89. The highest BCUT2D eigenvalue weighted by atomic mass is 35.5. The van der Waals surface area contributed by atoms with Crippen LogP contribution in [0.15, 0.2) is 12.1 Å². The van der Waals surface area contributed by atoms with Crippen molar-refractivity contribution in [2.24, 2.45) is 0 Å². The molecule has 0 amide bonds. The van der Waals surface area contributed by atoms with E-state index in [2.05, 4.69) is 0 Å². The first kappa shape index (κ1) is 14.5. The SMILES string of the molecule is O=C(O)C1CCCCN1c1cc(F)c(Cl)cc1[N+](=O)[O-]. The smallest absolute Gasteiger partial charge is 0.326 e. The van der Waals surface area contributed by atoms with Crippen molar-refractivity contribution < 1.29 is 19.2 Å². The summed E-state index contributed by atoms with van der Waals surface area (Å²) >= 11 is 5.55. The van der Waals surface area contributed by atoms with E-state index in [1.807, 2.05) is 0 Å². The number of aliphatic carboxylic acids is 1. The Morgan fingerprint density at radius 1 is 1.50 bits per heavy atom. The average Bonchev–Trinajstić information content (AvgIpc) is 2.41. The van der Waals surface area contributed by atoms with Gasteiger partial charge in [-0.05, 0) is 19.3 Å². The molecule has 20 heavy (non-hydrogen) atoms. The summed E-state index contributed by atoms with van der Waals surface area (Å²) in [6.07, 6.45) is 1.79. The van der Waals surface area contributed by atoms with E-state index in [0.29, 0.717) is 19.4 Å². The van der Waals surface area contributed by atoms with Crippen molar-refractivity contribution in [1.29, 1.82) is 0 Å². The second-order valence-electron chi connectivity index (χ2n) is 4.56. The number of carboxylic acid groups (broad SMARTS) is 1. The molecule has 1 aliphatic rings. The molecular formula is C12H12ClFN2O4. The summed E-state index contributed by atoms with van der Waals surface area (Å²) in [5.41, 5.74) is -0.423. The highest BCUT2D eigenvalue weighted by molar-refractivity contribution is 6.31. The molecule has 1 atom stereocenters. The van der Waals surface area contributed by atoms with Gasteiger partial charge in [0.25, 0.3) is 5.69 Å². The summed E-state index contributed by atoms with van der Waals surface area (Å²) in [6, 6.07) is 0.963. The zero-order valence-electron chi connectivity index (χ0n) is 10.4. The number of halogens is 2. The minimum absolute atomic E-state index is 0.0380. The number of carboxylic acids is 1. The van der Waals surface area contributed by atoms with Gasteiger partial charge in [-0.15, -0.1) is 0 Å². The molecule has 1 unspecified atom stereocenters. The van der Waals surface area contributed by atoms with Crippen molar-refractivity contribution >= 4 is 28.9 Å². The number of hydrogen-bond acceptors (Lipinski definition) is 4. The van der Waals surface area contributed by atoms with Crippen molar-refractivity contribution in [2.45, 2.75) is 25.3 Å². The molecule has 108 valence electrons. The second-order valence-corrected chi connectivity index (χ2v) is 4.96. The Labute approximate surface area is 118 Å². The third-order valence-corrected chi connectivity index (χ3v) is 3.60. The van der Waals surface area contributed by atoms with Crippen LogP contribution in [-0.4, -0.2) is 28.6 Å².